The molecular formula is C10H22N2O2. The Kier molecular flexibility index (Phi) is 4.81. The molecule has 1 saturated heterocycles. The summed E-state index contributed by atoms with van der Waals surface area (Å²) in [6, 6.07) is 0.186. The maximum absolute atomic E-state index is 9.86. The molecule has 0 aliphatic carbocycles. The first-order valence-corrected chi connectivity index (χ1v) is 5.33. The van der Waals surface area contributed by atoms with E-state index in [2.05, 4.69) is 9.80 Å². The number of piperidine rings is 1. The highest BCUT2D eigenvalue weighted by molar-refractivity contribution is 4.85. The molecule has 0 aromatic rings. The molecule has 1 aliphatic rings. The van der Waals surface area contributed by atoms with Gasteiger partial charge in [0.15, 0.2) is 0 Å². The van der Waals surface area contributed by atoms with E-state index < -0.39 is 0 Å². The third-order valence-corrected chi connectivity index (χ3v) is 2.80. The summed E-state index contributed by atoms with van der Waals surface area (Å²) in [5.74, 6) is 0. The third-order valence-electron chi connectivity index (χ3n) is 2.80. The highest BCUT2D eigenvalue weighted by Gasteiger charge is 2.29. The summed E-state index contributed by atoms with van der Waals surface area (Å²) in [6.07, 6.45) is 1.68. The van der Waals surface area contributed by atoms with E-state index in [0.717, 1.165) is 25.9 Å². The van der Waals surface area contributed by atoms with Gasteiger partial charge in [-0.15, -0.1) is 0 Å². The minimum Gasteiger partial charge on any atom is -0.395 e. The zero-order chi connectivity index (χ0) is 10.6. The molecule has 0 aromatic carbocycles. The molecule has 0 aromatic heterocycles. The van der Waals surface area contributed by atoms with E-state index >= 15 is 0 Å². The number of nitrogens with zero attached hydrogens (tertiary/aromatic N) is 2. The Morgan fingerprint density at radius 3 is 2.71 bits per heavy atom. The van der Waals surface area contributed by atoms with Gasteiger partial charge in [-0.3, -0.25) is 4.90 Å². The van der Waals surface area contributed by atoms with Crippen molar-refractivity contribution >= 4 is 0 Å². The molecule has 2 atom stereocenters. The van der Waals surface area contributed by atoms with E-state index in [0.29, 0.717) is 6.54 Å². The summed E-state index contributed by atoms with van der Waals surface area (Å²) < 4.78 is 0. The predicted octanol–water partition coefficient (Wildman–Crippen LogP) is -0.634. The zero-order valence-corrected chi connectivity index (χ0v) is 9.19. The summed E-state index contributed by atoms with van der Waals surface area (Å²) in [7, 11) is 4.02. The average molecular weight is 202 g/mol. The molecule has 0 spiro atoms. The quantitative estimate of drug-likeness (QED) is 0.637. The van der Waals surface area contributed by atoms with E-state index in [9.17, 15) is 5.11 Å². The molecule has 0 amide bonds. The van der Waals surface area contributed by atoms with Crippen molar-refractivity contribution in [3.05, 3.63) is 0 Å². The van der Waals surface area contributed by atoms with Crippen molar-refractivity contribution in [1.29, 1.82) is 0 Å². The smallest absolute Gasteiger partial charge is 0.0708 e. The Labute approximate surface area is 86.1 Å². The summed E-state index contributed by atoms with van der Waals surface area (Å²) >= 11 is 0. The minimum atomic E-state index is -0.238. The fraction of sp³-hybridized carbons (Fsp3) is 1.00. The maximum Gasteiger partial charge on any atom is 0.0708 e. The normalized spacial score (nSPS) is 29.8. The number of hydrogen-bond donors (Lipinski definition) is 2. The highest BCUT2D eigenvalue weighted by Crippen LogP contribution is 2.17. The fourth-order valence-electron chi connectivity index (χ4n) is 2.12. The van der Waals surface area contributed by atoms with Crippen LogP contribution in [0, 0.1) is 0 Å². The van der Waals surface area contributed by atoms with Gasteiger partial charge in [-0.25, -0.2) is 0 Å². The van der Waals surface area contributed by atoms with Crippen molar-refractivity contribution in [3.8, 4) is 0 Å². The molecule has 0 radical (unpaired) electrons. The first-order valence-electron chi connectivity index (χ1n) is 5.33. The van der Waals surface area contributed by atoms with Crippen LogP contribution in [0.15, 0.2) is 0 Å². The molecule has 2 N–H and O–H groups in total. The maximum atomic E-state index is 9.86. The lowest BCUT2D eigenvalue weighted by molar-refractivity contribution is -0.00664. The lowest BCUT2D eigenvalue weighted by Gasteiger charge is -2.40. The molecular weight excluding hydrogens is 180 g/mol. The summed E-state index contributed by atoms with van der Waals surface area (Å²) in [5, 5.41) is 18.8. The largest absolute Gasteiger partial charge is 0.395 e. The molecule has 0 bridgehead atoms. The molecule has 0 unspecified atom stereocenters. The monoisotopic (exact) mass is 202 g/mol. The molecule has 1 fully saturated rings. The van der Waals surface area contributed by atoms with Gasteiger partial charge < -0.3 is 15.1 Å². The van der Waals surface area contributed by atoms with Crippen LogP contribution < -0.4 is 0 Å². The standard InChI is InChI=1S/C10H22N2O2/c1-11(2)8-9-10(14)4-3-5-12(9)6-7-13/h9-10,13-14H,3-8H2,1-2H3/t9-,10+/m0/s1. The van der Waals surface area contributed by atoms with Crippen molar-refractivity contribution in [3.63, 3.8) is 0 Å². The molecule has 0 saturated carbocycles. The van der Waals surface area contributed by atoms with E-state index in [1.807, 2.05) is 14.1 Å². The van der Waals surface area contributed by atoms with Crippen molar-refractivity contribution in [2.24, 2.45) is 0 Å². The molecule has 84 valence electrons. The molecule has 1 rings (SSSR count). The number of β-amino-alcohol motifs (C(OH)–C–C–N with tert-alkyl or cyclic N) is 1. The van der Waals surface area contributed by atoms with Crippen molar-refractivity contribution < 1.29 is 10.2 Å². The SMILES string of the molecule is CN(C)C[C@H]1[C@H](O)CCCN1CCO. The van der Waals surface area contributed by atoms with Gasteiger partial charge in [0.05, 0.1) is 12.7 Å². The number of aliphatic hydroxyl groups excluding tert-OH is 2. The summed E-state index contributed by atoms with van der Waals surface area (Å²) in [4.78, 5) is 4.28. The predicted molar refractivity (Wildman–Crippen MR) is 56.2 cm³/mol. The minimum absolute atomic E-state index is 0.177. The third kappa shape index (κ3) is 3.20. The van der Waals surface area contributed by atoms with Gasteiger partial charge >= 0.3 is 0 Å². The second-order valence-electron chi connectivity index (χ2n) is 4.30. The van der Waals surface area contributed by atoms with Gasteiger partial charge in [0.25, 0.3) is 0 Å². The van der Waals surface area contributed by atoms with Crippen LogP contribution in [0.2, 0.25) is 0 Å². The highest BCUT2D eigenvalue weighted by atomic mass is 16.3. The van der Waals surface area contributed by atoms with E-state index in [4.69, 9.17) is 5.11 Å². The molecule has 1 heterocycles. The van der Waals surface area contributed by atoms with Crippen LogP contribution in [0.4, 0.5) is 0 Å². The van der Waals surface area contributed by atoms with Crippen LogP contribution in [-0.4, -0.2) is 72.5 Å². The summed E-state index contributed by atoms with van der Waals surface area (Å²) in [5.41, 5.74) is 0. The second kappa shape index (κ2) is 5.66. The molecule has 14 heavy (non-hydrogen) atoms. The van der Waals surface area contributed by atoms with E-state index in [1.165, 1.54) is 0 Å². The van der Waals surface area contributed by atoms with Crippen molar-refractivity contribution in [1.82, 2.24) is 9.80 Å². The van der Waals surface area contributed by atoms with E-state index in [1.54, 1.807) is 0 Å². The van der Waals surface area contributed by atoms with Crippen molar-refractivity contribution in [2.75, 3.05) is 40.3 Å². The first kappa shape index (κ1) is 11.9. The van der Waals surface area contributed by atoms with Gasteiger partial charge in [0.1, 0.15) is 0 Å². The van der Waals surface area contributed by atoms with Gasteiger partial charge in [-0.1, -0.05) is 0 Å². The summed E-state index contributed by atoms with van der Waals surface area (Å²) in [6.45, 7) is 2.71. The van der Waals surface area contributed by atoms with Crippen molar-refractivity contribution in [2.45, 2.75) is 25.0 Å². The Balaban J connectivity index is 2.51. The number of rotatable bonds is 4. The molecule has 4 heteroatoms. The number of aliphatic hydroxyl groups is 2. The number of likely N-dealkylation sites (tertiary alicyclic amines) is 1. The van der Waals surface area contributed by atoms with Crippen LogP contribution in [0.5, 0.6) is 0 Å². The second-order valence-corrected chi connectivity index (χ2v) is 4.30. The zero-order valence-electron chi connectivity index (χ0n) is 9.19. The average Bonchev–Trinajstić information content (AvgIpc) is 2.11. The van der Waals surface area contributed by atoms with Crippen LogP contribution in [-0.2, 0) is 0 Å². The fourth-order valence-corrected chi connectivity index (χ4v) is 2.12. The van der Waals surface area contributed by atoms with Gasteiger partial charge in [0, 0.05) is 19.1 Å². The van der Waals surface area contributed by atoms with E-state index in [-0.39, 0.29) is 18.8 Å². The lowest BCUT2D eigenvalue weighted by Crippen LogP contribution is -2.53. The number of hydrogen-bond acceptors (Lipinski definition) is 4. The Morgan fingerprint density at radius 2 is 2.14 bits per heavy atom. The Morgan fingerprint density at radius 1 is 1.43 bits per heavy atom. The Bertz CT molecular complexity index is 162. The first-order chi connectivity index (χ1) is 6.65. The van der Waals surface area contributed by atoms with Crippen LogP contribution in [0.1, 0.15) is 12.8 Å². The molecule has 1 aliphatic heterocycles. The Hall–Kier alpha value is -0.160. The van der Waals surface area contributed by atoms with Gasteiger partial charge in [-0.2, -0.15) is 0 Å². The molecule has 4 nitrogen and oxygen atoms in total. The topological polar surface area (TPSA) is 46.9 Å². The van der Waals surface area contributed by atoms with Crippen LogP contribution >= 0.6 is 0 Å². The lowest BCUT2D eigenvalue weighted by atomic mass is 9.98. The van der Waals surface area contributed by atoms with Gasteiger partial charge in [-0.05, 0) is 33.5 Å². The van der Waals surface area contributed by atoms with Crippen LogP contribution in [0.25, 0.3) is 0 Å². The van der Waals surface area contributed by atoms with Gasteiger partial charge in [0.2, 0.25) is 0 Å². The number of likely N-dealkylation sites (N-methyl/N-ethyl adjacent to an activating group) is 1. The van der Waals surface area contributed by atoms with Crippen LogP contribution in [0.3, 0.4) is 0 Å².